The molecule has 0 spiro atoms. The molecule has 196 valence electrons. The van der Waals surface area contributed by atoms with E-state index in [0.29, 0.717) is 39.7 Å². The van der Waals surface area contributed by atoms with Crippen molar-refractivity contribution in [2.75, 3.05) is 13.7 Å². The number of ether oxygens (including phenoxy) is 2. The maximum atomic E-state index is 14.0. The van der Waals surface area contributed by atoms with Gasteiger partial charge in [0.15, 0.2) is 16.9 Å². The number of aryl methyl sites for hydroxylation is 2. The minimum Gasteiger partial charge on any atom is -0.493 e. The summed E-state index contributed by atoms with van der Waals surface area (Å²) in [6, 6.07) is 15.9. The number of amides is 1. The molecule has 0 bridgehead atoms. The van der Waals surface area contributed by atoms with Crippen molar-refractivity contribution in [2.45, 2.75) is 46.2 Å². The van der Waals surface area contributed by atoms with Crippen LogP contribution in [-0.2, 0) is 6.54 Å². The van der Waals surface area contributed by atoms with E-state index in [1.165, 1.54) is 0 Å². The second kappa shape index (κ2) is 10.5. The smallest absolute Gasteiger partial charge is 0.291 e. The number of methoxy groups -OCH3 is 1. The zero-order chi connectivity index (χ0) is 27.0. The van der Waals surface area contributed by atoms with Crippen LogP contribution in [0.2, 0.25) is 5.02 Å². The van der Waals surface area contributed by atoms with Crippen LogP contribution in [0.25, 0.3) is 11.0 Å². The van der Waals surface area contributed by atoms with Gasteiger partial charge < -0.3 is 18.8 Å². The molecule has 1 unspecified atom stereocenters. The molecule has 3 aromatic carbocycles. The molecule has 1 aliphatic heterocycles. The fourth-order valence-electron chi connectivity index (χ4n) is 4.90. The summed E-state index contributed by atoms with van der Waals surface area (Å²) in [6.45, 7) is 6.79. The molecular formula is C31H30ClNO5. The van der Waals surface area contributed by atoms with Crippen molar-refractivity contribution in [1.82, 2.24) is 4.90 Å². The van der Waals surface area contributed by atoms with Crippen molar-refractivity contribution < 1.29 is 18.7 Å². The molecule has 5 rings (SSSR count). The minimum atomic E-state index is -0.686. The van der Waals surface area contributed by atoms with Crippen LogP contribution in [0.3, 0.4) is 0 Å². The van der Waals surface area contributed by atoms with Gasteiger partial charge in [-0.25, -0.2) is 0 Å². The van der Waals surface area contributed by atoms with Crippen LogP contribution in [0.1, 0.15) is 64.2 Å². The topological polar surface area (TPSA) is 69.0 Å². The molecule has 1 aliphatic rings. The SMILES string of the molecule is CCCCOc1ccc(C2c3c(oc4cc(C)c(C)cc4c3=O)C(=O)N2Cc2ccccc2Cl)cc1OC. The maximum absolute atomic E-state index is 14.0. The first-order valence-electron chi connectivity index (χ1n) is 12.8. The minimum absolute atomic E-state index is 0.0602. The summed E-state index contributed by atoms with van der Waals surface area (Å²) >= 11 is 6.48. The molecule has 0 radical (unpaired) electrons. The van der Waals surface area contributed by atoms with Gasteiger partial charge in [-0.2, -0.15) is 0 Å². The first-order chi connectivity index (χ1) is 18.3. The predicted octanol–water partition coefficient (Wildman–Crippen LogP) is 7.00. The molecule has 0 aliphatic carbocycles. The number of unbranched alkanes of at least 4 members (excludes halogenated alkanes) is 1. The Kier molecular flexibility index (Phi) is 7.17. The van der Waals surface area contributed by atoms with Crippen molar-refractivity contribution in [1.29, 1.82) is 0 Å². The van der Waals surface area contributed by atoms with Gasteiger partial charge in [0.05, 0.1) is 30.7 Å². The van der Waals surface area contributed by atoms with Gasteiger partial charge in [-0.15, -0.1) is 0 Å². The number of nitrogens with zero attached hydrogens (tertiary/aromatic N) is 1. The summed E-state index contributed by atoms with van der Waals surface area (Å²) in [6.07, 6.45) is 1.94. The highest BCUT2D eigenvalue weighted by atomic mass is 35.5. The van der Waals surface area contributed by atoms with Crippen molar-refractivity contribution in [3.8, 4) is 11.5 Å². The fourth-order valence-corrected chi connectivity index (χ4v) is 5.09. The van der Waals surface area contributed by atoms with Crippen molar-refractivity contribution in [3.63, 3.8) is 0 Å². The average Bonchev–Trinajstić information content (AvgIpc) is 3.18. The molecule has 1 atom stereocenters. The lowest BCUT2D eigenvalue weighted by Gasteiger charge is -2.26. The maximum Gasteiger partial charge on any atom is 0.291 e. The molecule has 2 heterocycles. The highest BCUT2D eigenvalue weighted by Gasteiger charge is 2.43. The lowest BCUT2D eigenvalue weighted by atomic mass is 9.97. The summed E-state index contributed by atoms with van der Waals surface area (Å²) < 4.78 is 17.7. The average molecular weight is 532 g/mol. The third-order valence-electron chi connectivity index (χ3n) is 7.14. The predicted molar refractivity (Wildman–Crippen MR) is 149 cm³/mol. The number of rotatable bonds is 8. The van der Waals surface area contributed by atoms with Gasteiger partial charge in [0.25, 0.3) is 5.91 Å². The van der Waals surface area contributed by atoms with Crippen LogP contribution in [-0.4, -0.2) is 24.5 Å². The quantitative estimate of drug-likeness (QED) is 0.229. The zero-order valence-corrected chi connectivity index (χ0v) is 22.7. The first kappa shape index (κ1) is 25.9. The van der Waals surface area contributed by atoms with Gasteiger partial charge in [0.2, 0.25) is 5.76 Å². The van der Waals surface area contributed by atoms with E-state index < -0.39 is 6.04 Å². The van der Waals surface area contributed by atoms with E-state index in [9.17, 15) is 9.59 Å². The number of hydrogen-bond donors (Lipinski definition) is 0. The Morgan fingerprint density at radius 2 is 1.76 bits per heavy atom. The van der Waals surface area contributed by atoms with Crippen molar-refractivity contribution >= 4 is 28.5 Å². The van der Waals surface area contributed by atoms with Crippen LogP contribution >= 0.6 is 11.6 Å². The number of hydrogen-bond acceptors (Lipinski definition) is 5. The van der Waals surface area contributed by atoms with E-state index >= 15 is 0 Å². The van der Waals surface area contributed by atoms with E-state index in [2.05, 4.69) is 6.92 Å². The molecule has 0 N–H and O–H groups in total. The summed E-state index contributed by atoms with van der Waals surface area (Å²) in [4.78, 5) is 29.4. The van der Waals surface area contributed by atoms with Gasteiger partial charge in [-0.1, -0.05) is 49.2 Å². The molecule has 1 aromatic heterocycles. The normalized spacial score (nSPS) is 14.7. The Morgan fingerprint density at radius 1 is 1.00 bits per heavy atom. The van der Waals surface area contributed by atoms with E-state index in [4.69, 9.17) is 25.5 Å². The Morgan fingerprint density at radius 3 is 2.50 bits per heavy atom. The summed E-state index contributed by atoms with van der Waals surface area (Å²) in [7, 11) is 1.58. The Balaban J connectivity index is 1.69. The molecule has 38 heavy (non-hydrogen) atoms. The molecule has 0 fully saturated rings. The third kappa shape index (κ3) is 4.54. The summed E-state index contributed by atoms with van der Waals surface area (Å²) in [5, 5.41) is 0.999. The molecule has 4 aromatic rings. The van der Waals surface area contributed by atoms with Gasteiger partial charge in [0.1, 0.15) is 5.58 Å². The zero-order valence-electron chi connectivity index (χ0n) is 22.0. The van der Waals surface area contributed by atoms with Crippen molar-refractivity contribution in [3.05, 3.63) is 103 Å². The Labute approximate surface area is 226 Å². The number of fused-ring (bicyclic) bond motifs is 2. The van der Waals surface area contributed by atoms with Gasteiger partial charge in [-0.05, 0) is 72.9 Å². The summed E-state index contributed by atoms with van der Waals surface area (Å²) in [5.74, 6) is 0.854. The van der Waals surface area contributed by atoms with E-state index in [1.807, 2.05) is 62.4 Å². The number of benzene rings is 3. The second-order valence-electron chi connectivity index (χ2n) is 9.65. The first-order valence-corrected chi connectivity index (χ1v) is 13.1. The number of halogens is 1. The number of carbonyl (C=O) groups is 1. The lowest BCUT2D eigenvalue weighted by molar-refractivity contribution is 0.0714. The largest absolute Gasteiger partial charge is 0.493 e. The molecule has 0 saturated carbocycles. The second-order valence-corrected chi connectivity index (χ2v) is 10.1. The lowest BCUT2D eigenvalue weighted by Crippen LogP contribution is -2.29. The molecule has 6 nitrogen and oxygen atoms in total. The summed E-state index contributed by atoms with van der Waals surface area (Å²) in [5.41, 5.74) is 3.97. The van der Waals surface area contributed by atoms with Gasteiger partial charge >= 0.3 is 0 Å². The highest BCUT2D eigenvalue weighted by molar-refractivity contribution is 6.31. The van der Waals surface area contributed by atoms with E-state index in [0.717, 1.165) is 35.1 Å². The third-order valence-corrected chi connectivity index (χ3v) is 7.51. The molecular weight excluding hydrogens is 502 g/mol. The van der Waals surface area contributed by atoms with Crippen LogP contribution in [0.4, 0.5) is 0 Å². The highest BCUT2D eigenvalue weighted by Crippen LogP contribution is 2.42. The van der Waals surface area contributed by atoms with Gasteiger partial charge in [-0.3, -0.25) is 9.59 Å². The van der Waals surface area contributed by atoms with Crippen molar-refractivity contribution in [2.24, 2.45) is 0 Å². The monoisotopic (exact) mass is 531 g/mol. The Bertz CT molecular complexity index is 1590. The van der Waals surface area contributed by atoms with Gasteiger partial charge in [0, 0.05) is 11.6 Å². The van der Waals surface area contributed by atoms with Crippen LogP contribution in [0, 0.1) is 13.8 Å². The number of carbonyl (C=O) groups excluding carboxylic acids is 1. The standard InChI is InChI=1S/C31H30ClNO5/c1-5-6-13-37-24-12-11-20(16-26(24)36-4)28-27-29(34)22-14-18(2)19(3)15-25(22)38-30(27)31(35)33(28)17-21-9-7-8-10-23(21)32/h7-12,14-16,28H,5-6,13,17H2,1-4H3. The van der Waals surface area contributed by atoms with E-state index in [1.54, 1.807) is 18.1 Å². The van der Waals surface area contributed by atoms with Crippen LogP contribution in [0.15, 0.2) is 63.8 Å². The van der Waals surface area contributed by atoms with Crippen LogP contribution in [0.5, 0.6) is 11.5 Å². The Hall–Kier alpha value is -3.77. The molecule has 7 heteroatoms. The molecule has 1 amide bonds. The molecule has 0 saturated heterocycles. The fraction of sp³-hybridized carbons (Fsp3) is 0.290. The van der Waals surface area contributed by atoms with Crippen LogP contribution < -0.4 is 14.9 Å². The van der Waals surface area contributed by atoms with E-state index in [-0.39, 0.29) is 23.6 Å².